The molecule has 0 aromatic heterocycles. The third kappa shape index (κ3) is 7.28. The maximum absolute atomic E-state index is 13.0. The van der Waals surface area contributed by atoms with Crippen molar-refractivity contribution in [3.63, 3.8) is 0 Å². The Kier molecular flexibility index (Phi) is 8.93. The van der Waals surface area contributed by atoms with Crippen molar-refractivity contribution >= 4 is 35.2 Å². The van der Waals surface area contributed by atoms with Gasteiger partial charge in [-0.3, -0.25) is 5.43 Å². The summed E-state index contributed by atoms with van der Waals surface area (Å²) >= 11 is 5.16. The minimum Gasteiger partial charge on any atom is -0.494 e. The fourth-order valence-corrected chi connectivity index (χ4v) is 2.94. The van der Waals surface area contributed by atoms with Gasteiger partial charge >= 0.3 is 5.97 Å². The number of carbonyl (C=O) groups excluding carboxylic acids is 1. The van der Waals surface area contributed by atoms with Crippen molar-refractivity contribution in [1.29, 1.82) is 0 Å². The molecule has 0 atom stereocenters. The van der Waals surface area contributed by atoms with E-state index in [1.165, 1.54) is 25.5 Å². The van der Waals surface area contributed by atoms with E-state index >= 15 is 0 Å². The van der Waals surface area contributed by atoms with Crippen LogP contribution in [0.4, 0.5) is 10.1 Å². The smallest absolute Gasteiger partial charge is 0.343 e. The summed E-state index contributed by atoms with van der Waals surface area (Å²) in [4.78, 5) is 12.5. The van der Waals surface area contributed by atoms with Gasteiger partial charge in [0.05, 0.1) is 25.5 Å². The summed E-state index contributed by atoms with van der Waals surface area (Å²) in [6.07, 6.45) is 2.43. The zero-order valence-corrected chi connectivity index (χ0v) is 19.5. The Balaban J connectivity index is 1.58. The number of nitrogens with zero attached hydrogens (tertiary/aromatic N) is 1. The number of hydrogen-bond donors (Lipinski definition) is 2. The molecule has 0 bridgehead atoms. The number of halogens is 1. The second kappa shape index (κ2) is 12.3. The van der Waals surface area contributed by atoms with Crippen molar-refractivity contribution in [2.24, 2.45) is 5.10 Å². The fraction of sp³-hybridized carbons (Fsp3) is 0.160. The number of rotatable bonds is 9. The Morgan fingerprint density at radius 2 is 1.79 bits per heavy atom. The van der Waals surface area contributed by atoms with Crippen LogP contribution < -0.4 is 25.0 Å². The lowest BCUT2D eigenvalue weighted by molar-refractivity contribution is 0.0729. The molecule has 3 aromatic carbocycles. The van der Waals surface area contributed by atoms with E-state index in [0.717, 1.165) is 6.42 Å². The second-order valence-corrected chi connectivity index (χ2v) is 7.41. The number of hydrazone groups is 1. The predicted molar refractivity (Wildman–Crippen MR) is 134 cm³/mol. The van der Waals surface area contributed by atoms with Gasteiger partial charge in [0.1, 0.15) is 11.6 Å². The molecule has 0 saturated carbocycles. The molecule has 0 radical (unpaired) electrons. The molecular weight excluding hydrogens is 457 g/mol. The number of anilines is 1. The number of thiocarbonyl (C=S) groups is 1. The largest absolute Gasteiger partial charge is 0.494 e. The van der Waals surface area contributed by atoms with Crippen LogP contribution in [0.3, 0.4) is 0 Å². The van der Waals surface area contributed by atoms with Gasteiger partial charge in [-0.15, -0.1) is 0 Å². The van der Waals surface area contributed by atoms with Crippen LogP contribution in [0.2, 0.25) is 0 Å². The van der Waals surface area contributed by atoms with Crippen LogP contribution in [0, 0.1) is 5.82 Å². The molecule has 0 spiro atoms. The van der Waals surface area contributed by atoms with Gasteiger partial charge in [0, 0.05) is 5.69 Å². The molecule has 0 aliphatic heterocycles. The molecule has 7 nitrogen and oxygen atoms in total. The molecule has 0 heterocycles. The maximum atomic E-state index is 13.0. The third-order valence-electron chi connectivity index (χ3n) is 4.44. The molecule has 0 aliphatic carbocycles. The van der Waals surface area contributed by atoms with Crippen LogP contribution in [0.5, 0.6) is 17.2 Å². The van der Waals surface area contributed by atoms with Gasteiger partial charge in [-0.1, -0.05) is 6.92 Å². The summed E-state index contributed by atoms with van der Waals surface area (Å²) in [6, 6.07) is 17.5. The summed E-state index contributed by atoms with van der Waals surface area (Å²) in [5.41, 5.74) is 4.38. The Labute approximate surface area is 202 Å². The molecule has 0 saturated heterocycles. The highest BCUT2D eigenvalue weighted by atomic mass is 32.1. The van der Waals surface area contributed by atoms with Crippen LogP contribution in [0.15, 0.2) is 71.8 Å². The number of hydrogen-bond acceptors (Lipinski definition) is 6. The molecule has 2 N–H and O–H groups in total. The van der Waals surface area contributed by atoms with E-state index in [1.54, 1.807) is 54.6 Å². The summed E-state index contributed by atoms with van der Waals surface area (Å²) < 4.78 is 29.3. The lowest BCUT2D eigenvalue weighted by atomic mass is 10.2. The van der Waals surface area contributed by atoms with Crippen molar-refractivity contribution in [3.05, 3.63) is 83.7 Å². The predicted octanol–water partition coefficient (Wildman–Crippen LogP) is 5.16. The number of ether oxygens (including phenoxy) is 3. The molecule has 0 amide bonds. The Morgan fingerprint density at radius 3 is 2.47 bits per heavy atom. The maximum Gasteiger partial charge on any atom is 0.343 e. The molecule has 9 heteroatoms. The van der Waals surface area contributed by atoms with Gasteiger partial charge in [-0.05, 0) is 90.9 Å². The van der Waals surface area contributed by atoms with Crippen LogP contribution in [-0.4, -0.2) is 31.0 Å². The van der Waals surface area contributed by atoms with Crippen LogP contribution >= 0.6 is 12.2 Å². The third-order valence-corrected chi connectivity index (χ3v) is 4.63. The zero-order valence-electron chi connectivity index (χ0n) is 18.7. The van der Waals surface area contributed by atoms with E-state index in [0.29, 0.717) is 34.9 Å². The van der Waals surface area contributed by atoms with Gasteiger partial charge in [0.15, 0.2) is 16.6 Å². The van der Waals surface area contributed by atoms with E-state index in [2.05, 4.69) is 15.8 Å². The summed E-state index contributed by atoms with van der Waals surface area (Å²) in [5.74, 6) is 0.492. The first-order valence-corrected chi connectivity index (χ1v) is 10.9. The van der Waals surface area contributed by atoms with E-state index < -0.39 is 5.97 Å². The lowest BCUT2D eigenvalue weighted by Gasteiger charge is -2.10. The Hall–Kier alpha value is -3.98. The van der Waals surface area contributed by atoms with Gasteiger partial charge in [0.2, 0.25) is 0 Å². The first-order valence-electron chi connectivity index (χ1n) is 10.5. The molecule has 0 aliphatic rings. The number of carbonyl (C=O) groups is 1. The number of esters is 1. The fourth-order valence-electron chi connectivity index (χ4n) is 2.77. The summed E-state index contributed by atoms with van der Waals surface area (Å²) in [7, 11) is 1.48. The summed E-state index contributed by atoms with van der Waals surface area (Å²) in [6.45, 7) is 2.64. The SMILES string of the molecule is CCCOc1ccc(C(=O)Oc2ccc(/C=N/NC(=S)Nc3ccc(F)cc3)cc2OC)cc1. The first kappa shape index (κ1) is 24.7. The minimum atomic E-state index is -0.513. The van der Waals surface area contributed by atoms with Crippen molar-refractivity contribution in [1.82, 2.24) is 5.43 Å². The van der Waals surface area contributed by atoms with Crippen LogP contribution in [0.25, 0.3) is 0 Å². The Morgan fingerprint density at radius 1 is 1.06 bits per heavy atom. The molecule has 0 fully saturated rings. The van der Waals surface area contributed by atoms with Crippen molar-refractivity contribution in [2.75, 3.05) is 19.0 Å². The van der Waals surface area contributed by atoms with Crippen LogP contribution in [0.1, 0.15) is 29.3 Å². The topological polar surface area (TPSA) is 81.2 Å². The van der Waals surface area contributed by atoms with E-state index in [-0.39, 0.29) is 16.7 Å². The van der Waals surface area contributed by atoms with Crippen LogP contribution in [-0.2, 0) is 0 Å². The second-order valence-electron chi connectivity index (χ2n) is 7.00. The van der Waals surface area contributed by atoms with E-state index in [4.69, 9.17) is 26.4 Å². The quantitative estimate of drug-likeness (QED) is 0.144. The minimum absolute atomic E-state index is 0.242. The molecule has 34 heavy (non-hydrogen) atoms. The monoisotopic (exact) mass is 481 g/mol. The van der Waals surface area contributed by atoms with Crippen molar-refractivity contribution in [3.8, 4) is 17.2 Å². The normalized spacial score (nSPS) is 10.6. The summed E-state index contributed by atoms with van der Waals surface area (Å²) in [5, 5.41) is 7.20. The highest BCUT2D eigenvalue weighted by Crippen LogP contribution is 2.28. The first-order chi connectivity index (χ1) is 16.5. The molecule has 176 valence electrons. The molecule has 3 rings (SSSR count). The highest BCUT2D eigenvalue weighted by molar-refractivity contribution is 7.80. The lowest BCUT2D eigenvalue weighted by Crippen LogP contribution is -2.23. The van der Waals surface area contributed by atoms with Gasteiger partial charge in [-0.25, -0.2) is 9.18 Å². The average Bonchev–Trinajstić information content (AvgIpc) is 2.85. The average molecular weight is 482 g/mol. The van der Waals surface area contributed by atoms with Crippen molar-refractivity contribution < 1.29 is 23.4 Å². The van der Waals surface area contributed by atoms with E-state index in [1.807, 2.05) is 6.92 Å². The highest BCUT2D eigenvalue weighted by Gasteiger charge is 2.13. The number of benzene rings is 3. The van der Waals surface area contributed by atoms with Gasteiger partial charge < -0.3 is 19.5 Å². The van der Waals surface area contributed by atoms with Crippen molar-refractivity contribution in [2.45, 2.75) is 13.3 Å². The Bertz CT molecular complexity index is 1150. The van der Waals surface area contributed by atoms with E-state index in [9.17, 15) is 9.18 Å². The van der Waals surface area contributed by atoms with Gasteiger partial charge in [0.25, 0.3) is 0 Å². The number of methoxy groups -OCH3 is 1. The van der Waals surface area contributed by atoms with Gasteiger partial charge in [-0.2, -0.15) is 5.10 Å². The molecule has 3 aromatic rings. The molecule has 0 unspecified atom stereocenters. The standard InChI is InChI=1S/C25H24FN3O4S/c1-3-14-32-21-11-5-18(6-12-21)24(30)33-22-13-4-17(15-23(22)31-2)16-27-29-25(34)28-20-9-7-19(26)8-10-20/h4-13,15-16H,3,14H2,1-2H3,(H2,28,29,34)/b27-16+. The number of nitrogens with one attached hydrogen (secondary N) is 2. The molecular formula is C25H24FN3O4S. The zero-order chi connectivity index (χ0) is 24.3.